The van der Waals surface area contributed by atoms with Gasteiger partial charge in [0.15, 0.2) is 5.58 Å². The first-order valence-electron chi connectivity index (χ1n) is 6.05. The quantitative estimate of drug-likeness (QED) is 0.613. The van der Waals surface area contributed by atoms with Crippen LogP contribution in [0.5, 0.6) is 0 Å². The van der Waals surface area contributed by atoms with Gasteiger partial charge in [-0.1, -0.05) is 11.6 Å². The van der Waals surface area contributed by atoms with Crippen LogP contribution in [0.15, 0.2) is 35.0 Å². The van der Waals surface area contributed by atoms with Crippen molar-refractivity contribution >= 4 is 62.4 Å². The van der Waals surface area contributed by atoms with Crippen LogP contribution >= 0.6 is 34.2 Å². The van der Waals surface area contributed by atoms with Gasteiger partial charge < -0.3 is 15.5 Å². The lowest BCUT2D eigenvalue weighted by Gasteiger charge is -2.07. The molecule has 0 spiro atoms. The molecule has 0 fully saturated rings. The highest BCUT2D eigenvalue weighted by molar-refractivity contribution is 14.1. The van der Waals surface area contributed by atoms with E-state index in [1.807, 2.05) is 22.6 Å². The zero-order valence-corrected chi connectivity index (χ0v) is 13.8. The summed E-state index contributed by atoms with van der Waals surface area (Å²) in [5.41, 5.74) is 6.00. The number of hydrogen-bond donors (Lipinski definition) is 2. The standard InChI is InChI=1S/C14H8ClFIN3O2/c15-8-5-19-4-7-11(13(14(18)21)22-12(7)8)20-10-2-1-6(17)3-9(10)16/h1-5,20H,(H2,18,21). The van der Waals surface area contributed by atoms with Crippen LogP contribution in [0.4, 0.5) is 15.8 Å². The fraction of sp³-hybridized carbons (Fsp3) is 0. The van der Waals surface area contributed by atoms with Crippen LogP contribution in [-0.2, 0) is 0 Å². The van der Waals surface area contributed by atoms with E-state index < -0.39 is 11.7 Å². The average molecular weight is 432 g/mol. The van der Waals surface area contributed by atoms with Crippen molar-refractivity contribution in [2.24, 2.45) is 5.73 Å². The van der Waals surface area contributed by atoms with Crippen molar-refractivity contribution < 1.29 is 13.6 Å². The monoisotopic (exact) mass is 431 g/mol. The number of furan rings is 1. The molecule has 2 heterocycles. The first kappa shape index (κ1) is 15.0. The molecule has 3 aromatic rings. The van der Waals surface area contributed by atoms with Crippen molar-refractivity contribution in [3.05, 3.63) is 50.8 Å². The highest BCUT2D eigenvalue weighted by Gasteiger charge is 2.21. The van der Waals surface area contributed by atoms with Gasteiger partial charge in [-0.2, -0.15) is 0 Å². The summed E-state index contributed by atoms with van der Waals surface area (Å²) in [6.45, 7) is 0. The Balaban J connectivity index is 2.18. The Hall–Kier alpha value is -1.87. The minimum absolute atomic E-state index is 0.136. The normalized spacial score (nSPS) is 10.9. The van der Waals surface area contributed by atoms with Gasteiger partial charge in [0.25, 0.3) is 5.91 Å². The Bertz CT molecular complexity index is 897. The number of anilines is 2. The molecule has 3 N–H and O–H groups in total. The molecule has 3 rings (SSSR count). The number of nitrogens with one attached hydrogen (secondary N) is 1. The number of amides is 1. The van der Waals surface area contributed by atoms with E-state index in [2.05, 4.69) is 10.3 Å². The lowest BCUT2D eigenvalue weighted by Crippen LogP contribution is -2.11. The van der Waals surface area contributed by atoms with Gasteiger partial charge in [-0.25, -0.2) is 4.39 Å². The van der Waals surface area contributed by atoms with Crippen molar-refractivity contribution in [1.29, 1.82) is 0 Å². The Kier molecular flexibility index (Phi) is 3.92. The van der Waals surface area contributed by atoms with Crippen molar-refractivity contribution in [3.63, 3.8) is 0 Å². The number of rotatable bonds is 3. The summed E-state index contributed by atoms with van der Waals surface area (Å²) in [6, 6.07) is 4.64. The van der Waals surface area contributed by atoms with Crippen LogP contribution in [0, 0.1) is 9.39 Å². The number of carbonyl (C=O) groups excluding carboxylic acids is 1. The fourth-order valence-corrected chi connectivity index (χ4v) is 2.65. The summed E-state index contributed by atoms with van der Waals surface area (Å²) in [4.78, 5) is 15.5. The summed E-state index contributed by atoms with van der Waals surface area (Å²) in [5, 5.41) is 3.50. The maximum atomic E-state index is 14.0. The van der Waals surface area contributed by atoms with Gasteiger partial charge >= 0.3 is 0 Å². The largest absolute Gasteiger partial charge is 0.447 e. The average Bonchev–Trinajstić information content (AvgIpc) is 2.82. The van der Waals surface area contributed by atoms with Gasteiger partial charge in [-0.3, -0.25) is 9.78 Å². The maximum absolute atomic E-state index is 14.0. The molecule has 112 valence electrons. The van der Waals surface area contributed by atoms with Crippen LogP contribution < -0.4 is 11.1 Å². The third-order valence-corrected chi connectivity index (χ3v) is 3.91. The van der Waals surface area contributed by atoms with E-state index in [1.165, 1.54) is 18.5 Å². The van der Waals surface area contributed by atoms with E-state index in [4.69, 9.17) is 21.8 Å². The predicted octanol–water partition coefficient (Wildman–Crippen LogP) is 4.07. The lowest BCUT2D eigenvalue weighted by atomic mass is 10.2. The number of aromatic nitrogens is 1. The number of carbonyl (C=O) groups is 1. The highest BCUT2D eigenvalue weighted by Crippen LogP contribution is 2.36. The first-order chi connectivity index (χ1) is 10.5. The van der Waals surface area contributed by atoms with Gasteiger partial charge in [0.05, 0.1) is 11.1 Å². The fourth-order valence-electron chi connectivity index (χ4n) is 2.00. The van der Waals surface area contributed by atoms with Crippen LogP contribution in [0.25, 0.3) is 11.0 Å². The first-order valence-corrected chi connectivity index (χ1v) is 7.51. The van der Waals surface area contributed by atoms with E-state index >= 15 is 0 Å². The van der Waals surface area contributed by atoms with E-state index in [0.29, 0.717) is 5.39 Å². The van der Waals surface area contributed by atoms with E-state index in [9.17, 15) is 9.18 Å². The molecule has 22 heavy (non-hydrogen) atoms. The number of nitrogens with zero attached hydrogens (tertiary/aromatic N) is 1. The second-order valence-electron chi connectivity index (χ2n) is 4.42. The van der Waals surface area contributed by atoms with E-state index in [1.54, 1.807) is 12.1 Å². The van der Waals surface area contributed by atoms with Gasteiger partial charge in [0.1, 0.15) is 16.5 Å². The topological polar surface area (TPSA) is 81.2 Å². The molecule has 0 aliphatic carbocycles. The number of primary amides is 1. The second-order valence-corrected chi connectivity index (χ2v) is 6.07. The number of fused-ring (bicyclic) bond motifs is 1. The number of benzene rings is 1. The van der Waals surface area contributed by atoms with Crippen LogP contribution in [0.3, 0.4) is 0 Å². The molecule has 1 aromatic carbocycles. The summed E-state index contributed by atoms with van der Waals surface area (Å²) in [5.74, 6) is -1.39. The van der Waals surface area contributed by atoms with Gasteiger partial charge in [0.2, 0.25) is 5.76 Å². The molecule has 8 heteroatoms. The number of hydrogen-bond acceptors (Lipinski definition) is 4. The van der Waals surface area contributed by atoms with Gasteiger partial charge in [0, 0.05) is 16.0 Å². The second kappa shape index (κ2) is 5.73. The van der Waals surface area contributed by atoms with Crippen molar-refractivity contribution in [1.82, 2.24) is 4.98 Å². The van der Waals surface area contributed by atoms with E-state index in [-0.39, 0.29) is 27.7 Å². The third kappa shape index (κ3) is 2.61. The highest BCUT2D eigenvalue weighted by atomic mass is 127. The van der Waals surface area contributed by atoms with Gasteiger partial charge in [-0.15, -0.1) is 0 Å². The Morgan fingerprint density at radius 3 is 2.86 bits per heavy atom. The molecular weight excluding hydrogens is 424 g/mol. The molecule has 0 aliphatic rings. The summed E-state index contributed by atoms with van der Waals surface area (Å²) in [7, 11) is 0. The minimum Gasteiger partial charge on any atom is -0.447 e. The van der Waals surface area contributed by atoms with Crippen molar-refractivity contribution in [2.45, 2.75) is 0 Å². The number of pyridine rings is 1. The van der Waals surface area contributed by atoms with Gasteiger partial charge in [-0.05, 0) is 40.8 Å². The minimum atomic E-state index is -0.791. The summed E-state index contributed by atoms with van der Waals surface area (Å²) in [6.07, 6.45) is 2.84. The van der Waals surface area contributed by atoms with E-state index in [0.717, 1.165) is 3.57 Å². The molecule has 0 bridgehead atoms. The molecule has 1 amide bonds. The number of halogens is 3. The molecular formula is C14H8ClFIN3O2. The van der Waals surface area contributed by atoms with Crippen molar-refractivity contribution in [3.8, 4) is 0 Å². The Labute approximate surface area is 142 Å². The molecule has 5 nitrogen and oxygen atoms in total. The molecule has 2 aromatic heterocycles. The third-order valence-electron chi connectivity index (χ3n) is 2.97. The summed E-state index contributed by atoms with van der Waals surface area (Å²) >= 11 is 7.99. The predicted molar refractivity (Wildman–Crippen MR) is 89.9 cm³/mol. The molecule has 0 aliphatic heterocycles. The van der Waals surface area contributed by atoms with Crippen molar-refractivity contribution in [2.75, 3.05) is 5.32 Å². The lowest BCUT2D eigenvalue weighted by molar-refractivity contribution is 0.0977. The Morgan fingerprint density at radius 1 is 1.41 bits per heavy atom. The number of nitrogens with two attached hydrogens (primary N) is 1. The molecule has 0 atom stereocenters. The molecule has 0 saturated carbocycles. The SMILES string of the molecule is NC(=O)c1oc2c(Cl)cncc2c1Nc1ccc(I)cc1F. The molecule has 0 saturated heterocycles. The zero-order valence-electron chi connectivity index (χ0n) is 10.9. The molecule has 0 unspecified atom stereocenters. The molecule has 0 radical (unpaired) electrons. The van der Waals surface area contributed by atoms with Crippen LogP contribution in [-0.4, -0.2) is 10.9 Å². The smallest absolute Gasteiger partial charge is 0.286 e. The van der Waals surface area contributed by atoms with Crippen LogP contribution in [0.1, 0.15) is 10.6 Å². The maximum Gasteiger partial charge on any atom is 0.286 e. The summed E-state index contributed by atoms with van der Waals surface area (Å²) < 4.78 is 20.1. The van der Waals surface area contributed by atoms with Crippen LogP contribution in [0.2, 0.25) is 5.02 Å². The Morgan fingerprint density at radius 2 is 2.18 bits per heavy atom. The zero-order chi connectivity index (χ0) is 15.9.